The fourth-order valence-electron chi connectivity index (χ4n) is 3.50. The van der Waals surface area contributed by atoms with Crippen LogP contribution in [0.3, 0.4) is 0 Å². The Morgan fingerprint density at radius 3 is 2.72 bits per heavy atom. The highest BCUT2D eigenvalue weighted by Crippen LogP contribution is 2.45. The number of hydrogen-bond donors (Lipinski definition) is 2. The molecule has 1 aliphatic carbocycles. The van der Waals surface area contributed by atoms with Gasteiger partial charge in [-0.15, -0.1) is 0 Å². The lowest BCUT2D eigenvalue weighted by atomic mass is 10.0. The van der Waals surface area contributed by atoms with Crippen molar-refractivity contribution < 1.29 is 15.0 Å². The second kappa shape index (κ2) is 6.56. The minimum Gasteiger partial charge on any atom is -0.492 e. The summed E-state index contributed by atoms with van der Waals surface area (Å²) in [5.74, 6) is -0.904. The number of carbonyl (C=O) groups is 1. The van der Waals surface area contributed by atoms with Gasteiger partial charge in [-0.05, 0) is 36.5 Å². The van der Waals surface area contributed by atoms with Crippen LogP contribution in [-0.4, -0.2) is 45.7 Å². The Balaban J connectivity index is 1.61. The van der Waals surface area contributed by atoms with Crippen molar-refractivity contribution in [3.63, 3.8) is 0 Å². The molecule has 1 aliphatic rings. The van der Waals surface area contributed by atoms with Crippen LogP contribution in [-0.2, 0) is 0 Å². The normalized spacial score (nSPS) is 14.9. The zero-order valence-electron chi connectivity index (χ0n) is 15.0. The fraction of sp³-hybridized carbons (Fsp3) is 0.211. The first-order valence-corrected chi connectivity index (χ1v) is 9.37. The van der Waals surface area contributed by atoms with Crippen molar-refractivity contribution in [2.24, 2.45) is 5.92 Å². The first kappa shape index (κ1) is 17.6. The van der Waals surface area contributed by atoms with Gasteiger partial charge in [0, 0.05) is 11.2 Å². The van der Waals surface area contributed by atoms with E-state index < -0.39 is 5.97 Å². The number of aromatic hydroxyl groups is 1. The quantitative estimate of drug-likeness (QED) is 0.518. The van der Waals surface area contributed by atoms with Crippen LogP contribution in [0, 0.1) is 5.92 Å². The van der Waals surface area contributed by atoms with E-state index in [0.29, 0.717) is 22.0 Å². The van der Waals surface area contributed by atoms with Gasteiger partial charge in [-0.3, -0.25) is 0 Å². The molecule has 3 aromatic heterocycles. The van der Waals surface area contributed by atoms with Gasteiger partial charge in [0.25, 0.3) is 5.95 Å². The van der Waals surface area contributed by atoms with Crippen molar-refractivity contribution in [1.29, 1.82) is 0 Å². The topological polar surface area (TPSA) is 119 Å². The molecule has 0 radical (unpaired) electrons. The third kappa shape index (κ3) is 3.09. The maximum atomic E-state index is 11.1. The number of rotatable bonds is 5. The summed E-state index contributed by atoms with van der Waals surface area (Å²) in [5.41, 5.74) is 1.86. The SMILES string of the molecule is O=C(O)c1cnn(-c2nc(O)c3c(cnn3C(c3cccc(Cl)c3)C3CC3)n2)c1. The molecular formula is C19H15ClN6O3. The first-order valence-electron chi connectivity index (χ1n) is 8.99. The molecule has 146 valence electrons. The highest BCUT2D eigenvalue weighted by atomic mass is 35.5. The molecule has 1 fully saturated rings. The van der Waals surface area contributed by atoms with Gasteiger partial charge < -0.3 is 10.2 Å². The lowest BCUT2D eigenvalue weighted by Gasteiger charge is -2.19. The number of aromatic nitrogens is 6. The number of nitrogens with zero attached hydrogens (tertiary/aromatic N) is 6. The first-order chi connectivity index (χ1) is 14.0. The average Bonchev–Trinajstić information content (AvgIpc) is 3.22. The molecule has 0 amide bonds. The number of aromatic carboxylic acids is 1. The average molecular weight is 411 g/mol. The van der Waals surface area contributed by atoms with Gasteiger partial charge in [0.1, 0.15) is 11.0 Å². The molecule has 10 heteroatoms. The minimum atomic E-state index is -1.11. The van der Waals surface area contributed by atoms with E-state index in [1.165, 1.54) is 17.1 Å². The maximum Gasteiger partial charge on any atom is 0.338 e. The van der Waals surface area contributed by atoms with E-state index >= 15 is 0 Å². The summed E-state index contributed by atoms with van der Waals surface area (Å²) in [5, 5.41) is 28.8. The maximum absolute atomic E-state index is 11.1. The van der Waals surface area contributed by atoms with E-state index in [0.717, 1.165) is 18.4 Å². The number of carboxylic acid groups (broad SMARTS) is 1. The van der Waals surface area contributed by atoms with Crippen molar-refractivity contribution in [3.8, 4) is 11.8 Å². The van der Waals surface area contributed by atoms with Crippen molar-refractivity contribution in [2.75, 3.05) is 0 Å². The van der Waals surface area contributed by atoms with E-state index in [-0.39, 0.29) is 23.4 Å². The van der Waals surface area contributed by atoms with Crippen LogP contribution >= 0.6 is 11.6 Å². The number of benzene rings is 1. The van der Waals surface area contributed by atoms with Gasteiger partial charge in [0.2, 0.25) is 5.88 Å². The minimum absolute atomic E-state index is 0.00126. The molecule has 0 aliphatic heterocycles. The highest BCUT2D eigenvalue weighted by Gasteiger charge is 2.36. The lowest BCUT2D eigenvalue weighted by Crippen LogP contribution is -2.15. The number of carboxylic acids is 1. The van der Waals surface area contributed by atoms with Gasteiger partial charge in [-0.25, -0.2) is 19.1 Å². The van der Waals surface area contributed by atoms with Crippen LogP contribution in [0.25, 0.3) is 17.0 Å². The van der Waals surface area contributed by atoms with Crippen LogP contribution < -0.4 is 0 Å². The Morgan fingerprint density at radius 1 is 1.21 bits per heavy atom. The van der Waals surface area contributed by atoms with E-state index in [4.69, 9.17) is 16.7 Å². The van der Waals surface area contributed by atoms with Gasteiger partial charge >= 0.3 is 5.97 Å². The van der Waals surface area contributed by atoms with Crippen LogP contribution in [0.4, 0.5) is 0 Å². The zero-order valence-corrected chi connectivity index (χ0v) is 15.7. The molecule has 1 aromatic carbocycles. The predicted molar refractivity (Wildman–Crippen MR) is 103 cm³/mol. The van der Waals surface area contributed by atoms with Gasteiger partial charge in [-0.1, -0.05) is 23.7 Å². The molecule has 4 aromatic rings. The summed E-state index contributed by atoms with van der Waals surface area (Å²) in [6, 6.07) is 7.52. The number of hydrogen-bond acceptors (Lipinski definition) is 6. The van der Waals surface area contributed by atoms with Gasteiger partial charge in [0.15, 0.2) is 0 Å². The van der Waals surface area contributed by atoms with Crippen LogP contribution in [0.5, 0.6) is 5.88 Å². The molecule has 0 spiro atoms. The molecule has 1 saturated carbocycles. The number of fused-ring (bicyclic) bond motifs is 1. The summed E-state index contributed by atoms with van der Waals surface area (Å²) in [6.07, 6.45) is 6.15. The van der Waals surface area contributed by atoms with Crippen molar-refractivity contribution in [1.82, 2.24) is 29.5 Å². The summed E-state index contributed by atoms with van der Waals surface area (Å²) in [7, 11) is 0. The molecule has 29 heavy (non-hydrogen) atoms. The van der Waals surface area contributed by atoms with Crippen LogP contribution in [0.2, 0.25) is 5.02 Å². The zero-order chi connectivity index (χ0) is 20.1. The highest BCUT2D eigenvalue weighted by molar-refractivity contribution is 6.30. The van der Waals surface area contributed by atoms with E-state index in [9.17, 15) is 9.90 Å². The second-order valence-electron chi connectivity index (χ2n) is 6.99. The van der Waals surface area contributed by atoms with Gasteiger partial charge in [0.05, 0.1) is 24.0 Å². The predicted octanol–water partition coefficient (Wildman–Crippen LogP) is 3.07. The lowest BCUT2D eigenvalue weighted by molar-refractivity contribution is 0.0697. The summed E-state index contributed by atoms with van der Waals surface area (Å²) in [4.78, 5) is 19.6. The van der Waals surface area contributed by atoms with Gasteiger partial charge in [-0.2, -0.15) is 15.2 Å². The largest absolute Gasteiger partial charge is 0.492 e. The molecule has 0 saturated heterocycles. The monoisotopic (exact) mass is 410 g/mol. The molecule has 1 unspecified atom stereocenters. The van der Waals surface area contributed by atoms with Crippen molar-refractivity contribution in [3.05, 3.63) is 59.0 Å². The summed E-state index contributed by atoms with van der Waals surface area (Å²) < 4.78 is 2.94. The Hall–Kier alpha value is -3.46. The number of halogens is 1. The van der Waals surface area contributed by atoms with Crippen LogP contribution in [0.15, 0.2) is 42.9 Å². The smallest absolute Gasteiger partial charge is 0.338 e. The Labute approximate surface area is 169 Å². The van der Waals surface area contributed by atoms with E-state index in [2.05, 4.69) is 20.2 Å². The summed E-state index contributed by atoms with van der Waals surface area (Å²) in [6.45, 7) is 0. The third-order valence-corrected chi connectivity index (χ3v) is 5.21. The van der Waals surface area contributed by atoms with Crippen LogP contribution in [0.1, 0.15) is 34.8 Å². The van der Waals surface area contributed by atoms with E-state index in [1.807, 2.05) is 24.3 Å². The molecule has 2 N–H and O–H groups in total. The Kier molecular flexibility index (Phi) is 3.99. The van der Waals surface area contributed by atoms with E-state index in [1.54, 1.807) is 10.9 Å². The molecular weight excluding hydrogens is 396 g/mol. The molecule has 0 bridgehead atoms. The molecule has 3 heterocycles. The third-order valence-electron chi connectivity index (χ3n) is 4.97. The Morgan fingerprint density at radius 2 is 2.03 bits per heavy atom. The summed E-state index contributed by atoms with van der Waals surface area (Å²) >= 11 is 6.18. The van der Waals surface area contributed by atoms with Crippen molar-refractivity contribution >= 4 is 28.6 Å². The molecule has 1 atom stereocenters. The fourth-order valence-corrected chi connectivity index (χ4v) is 3.70. The molecule has 5 rings (SSSR count). The Bertz CT molecular complexity index is 1250. The second-order valence-corrected chi connectivity index (χ2v) is 7.42. The standard InChI is InChI=1S/C19H15ClN6O3/c20-13-3-1-2-11(6-13)15(10-4-5-10)26-16-14(8-22-26)23-19(24-17(16)27)25-9-12(7-21-25)18(28)29/h1-3,6-10,15H,4-5H2,(H,28,29)(H,23,24,27). The van der Waals surface area contributed by atoms with Crippen molar-refractivity contribution in [2.45, 2.75) is 18.9 Å². The molecule has 9 nitrogen and oxygen atoms in total.